The van der Waals surface area contributed by atoms with Crippen molar-refractivity contribution >= 4 is 17.4 Å². The van der Waals surface area contributed by atoms with E-state index in [1.807, 2.05) is 23.0 Å². The number of fused-ring (bicyclic) bond motifs is 2. The van der Waals surface area contributed by atoms with Gasteiger partial charge in [-0.1, -0.05) is 25.5 Å². The van der Waals surface area contributed by atoms with E-state index >= 15 is 0 Å². The number of carbonyl (C=O) groups is 1. The molecule has 0 aliphatic carbocycles. The normalized spacial score (nSPS) is 21.1. The van der Waals surface area contributed by atoms with Gasteiger partial charge < -0.3 is 9.80 Å². The van der Waals surface area contributed by atoms with Crippen molar-refractivity contribution in [3.8, 4) is 0 Å². The van der Waals surface area contributed by atoms with E-state index in [4.69, 9.17) is 0 Å². The van der Waals surface area contributed by atoms with Gasteiger partial charge in [0.25, 0.3) is 0 Å². The number of hydrogen-bond acceptors (Lipinski definition) is 5. The maximum Gasteiger partial charge on any atom is 0.226 e. The largest absolute Gasteiger partial charge is 0.353 e. The Kier molecular flexibility index (Phi) is 5.57. The number of hydrogen-bond donors (Lipinski definition) is 0. The number of aromatic nitrogens is 4. The van der Waals surface area contributed by atoms with Crippen LogP contribution in [0.1, 0.15) is 43.7 Å². The van der Waals surface area contributed by atoms with Crippen LogP contribution in [0.15, 0.2) is 43.0 Å². The van der Waals surface area contributed by atoms with Crippen molar-refractivity contribution in [2.24, 2.45) is 5.92 Å². The molecule has 5 heterocycles. The molecule has 31 heavy (non-hydrogen) atoms. The first-order valence-electron chi connectivity index (χ1n) is 11.5. The van der Waals surface area contributed by atoms with Crippen LogP contribution in [0.4, 0.5) is 5.82 Å². The van der Waals surface area contributed by atoms with Gasteiger partial charge in [-0.15, -0.1) is 0 Å². The number of carbonyl (C=O) groups excluding carboxylic acids is 1. The Morgan fingerprint density at radius 1 is 1.13 bits per heavy atom. The molecule has 2 saturated heterocycles. The van der Waals surface area contributed by atoms with Gasteiger partial charge in [0.2, 0.25) is 5.91 Å². The van der Waals surface area contributed by atoms with Gasteiger partial charge in [0.15, 0.2) is 5.65 Å². The Morgan fingerprint density at radius 3 is 2.90 bits per heavy atom. The van der Waals surface area contributed by atoms with Gasteiger partial charge >= 0.3 is 0 Å². The molecule has 0 aromatic carbocycles. The first-order valence-corrected chi connectivity index (χ1v) is 11.5. The fraction of sp³-hybridized carbons (Fsp3) is 0.500. The van der Waals surface area contributed by atoms with Crippen molar-refractivity contribution < 1.29 is 4.79 Å². The third kappa shape index (κ3) is 4.01. The van der Waals surface area contributed by atoms with E-state index in [2.05, 4.69) is 50.0 Å². The molecule has 2 aliphatic heterocycles. The van der Waals surface area contributed by atoms with E-state index in [0.29, 0.717) is 11.9 Å². The van der Waals surface area contributed by atoms with Gasteiger partial charge in [-0.3, -0.25) is 4.79 Å². The SMILES string of the molecule is CCCc1ccc(N2CCN3C(=O)[C@@H](CCCc4cccn5ncnc45)C[C@H]3C2)nc1. The summed E-state index contributed by atoms with van der Waals surface area (Å²) >= 11 is 0. The number of amides is 1. The second-order valence-corrected chi connectivity index (χ2v) is 8.79. The van der Waals surface area contributed by atoms with E-state index in [9.17, 15) is 4.79 Å². The topological polar surface area (TPSA) is 66.6 Å². The van der Waals surface area contributed by atoms with Crippen molar-refractivity contribution in [2.75, 3.05) is 24.5 Å². The Labute approximate surface area is 183 Å². The minimum atomic E-state index is 0.141. The first-order chi connectivity index (χ1) is 15.2. The third-order valence-corrected chi connectivity index (χ3v) is 6.73. The molecule has 3 aromatic rings. The summed E-state index contributed by atoms with van der Waals surface area (Å²) in [6.45, 7) is 4.75. The maximum atomic E-state index is 13.0. The summed E-state index contributed by atoms with van der Waals surface area (Å²) in [6, 6.07) is 8.76. The lowest BCUT2D eigenvalue weighted by Gasteiger charge is -2.38. The number of rotatable bonds is 7. The highest BCUT2D eigenvalue weighted by atomic mass is 16.2. The van der Waals surface area contributed by atoms with E-state index in [0.717, 1.165) is 69.6 Å². The van der Waals surface area contributed by atoms with Crippen molar-refractivity contribution in [1.82, 2.24) is 24.5 Å². The van der Waals surface area contributed by atoms with Crippen LogP contribution in [-0.2, 0) is 17.6 Å². The lowest BCUT2D eigenvalue weighted by molar-refractivity contribution is -0.132. The molecule has 7 nitrogen and oxygen atoms in total. The molecule has 2 fully saturated rings. The molecular formula is C24H30N6O. The predicted octanol–water partition coefficient (Wildman–Crippen LogP) is 3.14. The van der Waals surface area contributed by atoms with E-state index < -0.39 is 0 Å². The lowest BCUT2D eigenvalue weighted by atomic mass is 9.96. The molecule has 1 amide bonds. The van der Waals surface area contributed by atoms with Crippen LogP contribution >= 0.6 is 0 Å². The molecule has 2 aliphatic rings. The smallest absolute Gasteiger partial charge is 0.226 e. The quantitative estimate of drug-likeness (QED) is 0.590. The predicted molar refractivity (Wildman–Crippen MR) is 120 cm³/mol. The van der Waals surface area contributed by atoms with Crippen molar-refractivity contribution in [1.29, 1.82) is 0 Å². The minimum absolute atomic E-state index is 0.141. The summed E-state index contributed by atoms with van der Waals surface area (Å²) in [5.74, 6) is 1.52. The fourth-order valence-electron chi connectivity index (χ4n) is 5.14. The number of pyridine rings is 2. The zero-order valence-electron chi connectivity index (χ0n) is 18.2. The molecule has 2 atom stereocenters. The summed E-state index contributed by atoms with van der Waals surface area (Å²) in [4.78, 5) is 26.5. The van der Waals surface area contributed by atoms with Crippen LogP contribution in [0.2, 0.25) is 0 Å². The fourth-order valence-corrected chi connectivity index (χ4v) is 5.14. The molecular weight excluding hydrogens is 388 g/mol. The summed E-state index contributed by atoms with van der Waals surface area (Å²) in [5.41, 5.74) is 3.42. The molecule has 0 unspecified atom stereocenters. The molecule has 7 heteroatoms. The summed E-state index contributed by atoms with van der Waals surface area (Å²) in [6.07, 6.45) is 11.5. The Morgan fingerprint density at radius 2 is 2.06 bits per heavy atom. The summed E-state index contributed by atoms with van der Waals surface area (Å²) in [5, 5.41) is 4.21. The second-order valence-electron chi connectivity index (χ2n) is 8.79. The zero-order chi connectivity index (χ0) is 21.2. The van der Waals surface area contributed by atoms with Crippen molar-refractivity contribution in [3.05, 3.63) is 54.1 Å². The van der Waals surface area contributed by atoms with Crippen LogP contribution in [0.25, 0.3) is 5.65 Å². The number of anilines is 1. The van der Waals surface area contributed by atoms with E-state index in [-0.39, 0.29) is 5.92 Å². The number of aryl methyl sites for hydroxylation is 2. The average molecular weight is 419 g/mol. The molecule has 0 saturated carbocycles. The van der Waals surface area contributed by atoms with Gasteiger partial charge in [0.05, 0.1) is 6.04 Å². The third-order valence-electron chi connectivity index (χ3n) is 6.73. The van der Waals surface area contributed by atoms with Crippen LogP contribution in [0.3, 0.4) is 0 Å². The van der Waals surface area contributed by atoms with Gasteiger partial charge in [0, 0.05) is 37.9 Å². The molecule has 162 valence electrons. The molecule has 0 N–H and O–H groups in total. The van der Waals surface area contributed by atoms with Crippen LogP contribution in [-0.4, -0.2) is 56.1 Å². The first kappa shape index (κ1) is 20.0. The lowest BCUT2D eigenvalue weighted by Crippen LogP contribution is -2.51. The zero-order valence-corrected chi connectivity index (χ0v) is 18.2. The minimum Gasteiger partial charge on any atom is -0.353 e. The molecule has 0 spiro atoms. The van der Waals surface area contributed by atoms with Crippen molar-refractivity contribution in [2.45, 2.75) is 51.5 Å². The Hall–Kier alpha value is -2.96. The highest BCUT2D eigenvalue weighted by Crippen LogP contribution is 2.32. The summed E-state index contributed by atoms with van der Waals surface area (Å²) < 4.78 is 1.81. The molecule has 3 aromatic heterocycles. The standard InChI is InChI=1S/C24H30N6O/c1-2-5-18-9-10-22(25-15-18)28-12-13-29-21(16-28)14-20(24(29)31)7-3-6-19-8-4-11-30-23(19)26-17-27-30/h4,8-11,15,17,20-21H,2-3,5-7,12-14,16H2,1H3/t20-,21-/m0/s1. The molecule has 0 radical (unpaired) electrons. The number of piperazine rings is 1. The highest BCUT2D eigenvalue weighted by Gasteiger charge is 2.42. The molecule has 5 rings (SSSR count). The molecule has 0 bridgehead atoms. The van der Waals surface area contributed by atoms with Crippen LogP contribution < -0.4 is 4.90 Å². The average Bonchev–Trinajstić information content (AvgIpc) is 3.40. The number of nitrogens with zero attached hydrogens (tertiary/aromatic N) is 6. The Bertz CT molecular complexity index is 1050. The van der Waals surface area contributed by atoms with E-state index in [1.54, 1.807) is 6.33 Å². The van der Waals surface area contributed by atoms with Crippen LogP contribution in [0.5, 0.6) is 0 Å². The second kappa shape index (κ2) is 8.65. The van der Waals surface area contributed by atoms with Crippen LogP contribution in [0, 0.1) is 5.92 Å². The van der Waals surface area contributed by atoms with Gasteiger partial charge in [0.1, 0.15) is 12.1 Å². The Balaban J connectivity index is 1.17. The van der Waals surface area contributed by atoms with Gasteiger partial charge in [-0.05, 0) is 55.4 Å². The summed E-state index contributed by atoms with van der Waals surface area (Å²) in [7, 11) is 0. The van der Waals surface area contributed by atoms with Crippen molar-refractivity contribution in [3.63, 3.8) is 0 Å². The monoisotopic (exact) mass is 418 g/mol. The van der Waals surface area contributed by atoms with Gasteiger partial charge in [-0.25, -0.2) is 14.5 Å². The van der Waals surface area contributed by atoms with E-state index in [1.165, 1.54) is 11.1 Å². The van der Waals surface area contributed by atoms with Gasteiger partial charge in [-0.2, -0.15) is 5.10 Å². The highest BCUT2D eigenvalue weighted by molar-refractivity contribution is 5.82. The maximum absolute atomic E-state index is 13.0.